The first-order valence-corrected chi connectivity index (χ1v) is 7.03. The van der Waals surface area contributed by atoms with Crippen LogP contribution in [0.2, 0.25) is 0 Å². The van der Waals surface area contributed by atoms with E-state index >= 15 is 0 Å². The van der Waals surface area contributed by atoms with Gasteiger partial charge >= 0.3 is 0 Å². The first kappa shape index (κ1) is 12.1. The molecule has 0 bridgehead atoms. The first-order chi connectivity index (χ1) is 7.66. The van der Waals surface area contributed by atoms with Gasteiger partial charge in [-0.1, -0.05) is 13.8 Å². The van der Waals surface area contributed by atoms with E-state index in [1.807, 2.05) is 0 Å². The molecule has 2 aromatic rings. The van der Waals surface area contributed by atoms with Crippen LogP contribution in [-0.4, -0.2) is 11.0 Å². The summed E-state index contributed by atoms with van der Waals surface area (Å²) in [5.74, 6) is 0.882. The summed E-state index contributed by atoms with van der Waals surface area (Å²) in [6.07, 6.45) is 1.51. The van der Waals surface area contributed by atoms with Crippen molar-refractivity contribution < 1.29 is 4.42 Å². The molecule has 0 aromatic carbocycles. The molecule has 0 amide bonds. The highest BCUT2D eigenvalue weighted by atomic mass is 127. The number of nitrogens with one attached hydrogen (secondary N) is 1. The van der Waals surface area contributed by atoms with Gasteiger partial charge in [0.2, 0.25) is 0 Å². The van der Waals surface area contributed by atoms with Gasteiger partial charge in [0.15, 0.2) is 12.2 Å². The molecule has 86 valence electrons. The van der Waals surface area contributed by atoms with Crippen LogP contribution in [0.25, 0.3) is 11.3 Å². The largest absolute Gasteiger partial charge is 0.443 e. The predicted octanol–water partition coefficient (Wildman–Crippen LogP) is 3.51. The summed E-state index contributed by atoms with van der Waals surface area (Å²) in [5, 5.41) is 5.44. The van der Waals surface area contributed by atoms with Crippen LogP contribution < -0.4 is 5.32 Å². The Morgan fingerprint density at radius 2 is 2.38 bits per heavy atom. The maximum Gasteiger partial charge on any atom is 0.181 e. The van der Waals surface area contributed by atoms with E-state index in [0.29, 0.717) is 6.04 Å². The van der Waals surface area contributed by atoms with Crippen LogP contribution in [0.3, 0.4) is 0 Å². The van der Waals surface area contributed by atoms with E-state index in [1.54, 1.807) is 11.3 Å². The van der Waals surface area contributed by atoms with Crippen molar-refractivity contribution in [1.29, 1.82) is 0 Å². The van der Waals surface area contributed by atoms with Crippen molar-refractivity contribution in [3.8, 4) is 11.3 Å². The van der Waals surface area contributed by atoms with Crippen molar-refractivity contribution >= 4 is 33.9 Å². The van der Waals surface area contributed by atoms with Gasteiger partial charge in [0.1, 0.15) is 5.69 Å². The average molecular weight is 348 g/mol. The van der Waals surface area contributed by atoms with Crippen molar-refractivity contribution in [2.24, 2.45) is 0 Å². The van der Waals surface area contributed by atoms with Gasteiger partial charge in [0.05, 0.1) is 2.88 Å². The molecule has 0 aliphatic carbocycles. The van der Waals surface area contributed by atoms with Gasteiger partial charge in [-0.05, 0) is 28.7 Å². The summed E-state index contributed by atoms with van der Waals surface area (Å²) in [6, 6.07) is 2.57. The summed E-state index contributed by atoms with van der Waals surface area (Å²) in [6.45, 7) is 4.98. The van der Waals surface area contributed by atoms with Gasteiger partial charge < -0.3 is 9.73 Å². The summed E-state index contributed by atoms with van der Waals surface area (Å²) in [4.78, 5) is 4.25. The molecule has 0 fully saturated rings. The van der Waals surface area contributed by atoms with Crippen molar-refractivity contribution in [1.82, 2.24) is 10.3 Å². The number of hydrogen-bond acceptors (Lipinski definition) is 4. The van der Waals surface area contributed by atoms with Gasteiger partial charge in [-0.25, -0.2) is 4.98 Å². The van der Waals surface area contributed by atoms with Gasteiger partial charge in [-0.3, -0.25) is 0 Å². The van der Waals surface area contributed by atoms with E-state index in [9.17, 15) is 0 Å². The molecule has 0 saturated carbocycles. The number of halogens is 1. The minimum Gasteiger partial charge on any atom is -0.443 e. The summed E-state index contributed by atoms with van der Waals surface area (Å²) < 4.78 is 6.70. The molecule has 2 aromatic heterocycles. The molecule has 2 rings (SSSR count). The van der Waals surface area contributed by atoms with Crippen LogP contribution in [-0.2, 0) is 6.54 Å². The highest BCUT2D eigenvalue weighted by molar-refractivity contribution is 14.1. The number of oxazole rings is 1. The van der Waals surface area contributed by atoms with Crippen LogP contribution in [0.15, 0.2) is 22.3 Å². The second-order valence-electron chi connectivity index (χ2n) is 3.80. The lowest BCUT2D eigenvalue weighted by atomic mass is 10.2. The normalized spacial score (nSPS) is 11.2. The Balaban J connectivity index is 2.19. The van der Waals surface area contributed by atoms with E-state index in [0.717, 1.165) is 23.6 Å². The highest BCUT2D eigenvalue weighted by Gasteiger charge is 2.12. The first-order valence-electron chi connectivity index (χ1n) is 5.07. The van der Waals surface area contributed by atoms with E-state index in [-0.39, 0.29) is 0 Å². The third-order valence-electron chi connectivity index (χ3n) is 2.15. The van der Waals surface area contributed by atoms with E-state index < -0.39 is 0 Å². The highest BCUT2D eigenvalue weighted by Crippen LogP contribution is 2.28. The number of hydrogen-bond donors (Lipinski definition) is 1. The van der Waals surface area contributed by atoms with Crippen molar-refractivity contribution in [3.63, 3.8) is 0 Å². The van der Waals surface area contributed by atoms with Crippen molar-refractivity contribution in [3.05, 3.63) is 26.4 Å². The Bertz CT molecular complexity index is 464. The average Bonchev–Trinajstić information content (AvgIpc) is 2.82. The quantitative estimate of drug-likeness (QED) is 0.860. The zero-order valence-electron chi connectivity index (χ0n) is 9.16. The van der Waals surface area contributed by atoms with E-state index in [4.69, 9.17) is 4.42 Å². The molecule has 0 saturated heterocycles. The van der Waals surface area contributed by atoms with Crippen LogP contribution in [0.5, 0.6) is 0 Å². The van der Waals surface area contributed by atoms with Gasteiger partial charge in [-0.2, -0.15) is 0 Å². The Morgan fingerprint density at radius 1 is 1.56 bits per heavy atom. The van der Waals surface area contributed by atoms with Crippen LogP contribution in [0.4, 0.5) is 0 Å². The Kier molecular flexibility index (Phi) is 3.99. The van der Waals surface area contributed by atoms with E-state index in [2.05, 4.69) is 58.2 Å². The molecule has 16 heavy (non-hydrogen) atoms. The Labute approximate surface area is 112 Å². The summed E-state index contributed by atoms with van der Waals surface area (Å²) in [5.41, 5.74) is 2.09. The van der Waals surface area contributed by atoms with Gasteiger partial charge in [0.25, 0.3) is 0 Å². The smallest absolute Gasteiger partial charge is 0.181 e. The minimum atomic E-state index is 0.451. The zero-order valence-corrected chi connectivity index (χ0v) is 12.1. The number of aromatic nitrogens is 1. The molecule has 3 nitrogen and oxygen atoms in total. The Morgan fingerprint density at radius 3 is 3.00 bits per heavy atom. The molecule has 0 spiro atoms. The van der Waals surface area contributed by atoms with Crippen molar-refractivity contribution in [2.45, 2.75) is 26.4 Å². The van der Waals surface area contributed by atoms with Gasteiger partial charge in [-0.15, -0.1) is 11.3 Å². The molecule has 5 heteroatoms. The van der Waals surface area contributed by atoms with Crippen LogP contribution >= 0.6 is 33.9 Å². The standard InChI is InChI=1S/C11H13IN2OS/c1-7(2)13-4-9-11(15-6-14-9)8-3-10(12)16-5-8/h3,5-7,13H,4H2,1-2H3. The summed E-state index contributed by atoms with van der Waals surface area (Å²) in [7, 11) is 0. The Hall–Kier alpha value is -0.400. The lowest BCUT2D eigenvalue weighted by Crippen LogP contribution is -2.22. The molecule has 0 aliphatic rings. The molecule has 1 N–H and O–H groups in total. The number of nitrogens with zero attached hydrogens (tertiary/aromatic N) is 1. The lowest BCUT2D eigenvalue weighted by molar-refractivity contribution is 0.563. The number of rotatable bonds is 4. The SMILES string of the molecule is CC(C)NCc1ncoc1-c1csc(I)c1. The van der Waals surface area contributed by atoms with Crippen LogP contribution in [0, 0.1) is 2.88 Å². The maximum atomic E-state index is 5.45. The third-order valence-corrected chi connectivity index (χ3v) is 3.94. The summed E-state index contributed by atoms with van der Waals surface area (Å²) >= 11 is 4.02. The monoisotopic (exact) mass is 348 g/mol. The predicted molar refractivity (Wildman–Crippen MR) is 74.5 cm³/mol. The zero-order chi connectivity index (χ0) is 11.5. The molecular formula is C11H13IN2OS. The molecule has 0 unspecified atom stereocenters. The lowest BCUT2D eigenvalue weighted by Gasteiger charge is -2.06. The van der Waals surface area contributed by atoms with Crippen LogP contribution in [0.1, 0.15) is 19.5 Å². The molecule has 0 aliphatic heterocycles. The number of thiophene rings is 1. The minimum absolute atomic E-state index is 0.451. The molecule has 0 radical (unpaired) electrons. The third kappa shape index (κ3) is 2.83. The second-order valence-corrected chi connectivity index (χ2v) is 6.61. The van der Waals surface area contributed by atoms with Crippen molar-refractivity contribution in [2.75, 3.05) is 0 Å². The molecule has 2 heterocycles. The topological polar surface area (TPSA) is 38.1 Å². The molecule has 0 atom stereocenters. The maximum absolute atomic E-state index is 5.45. The molecular weight excluding hydrogens is 335 g/mol. The fourth-order valence-corrected chi connectivity index (χ4v) is 2.69. The fraction of sp³-hybridized carbons (Fsp3) is 0.364. The van der Waals surface area contributed by atoms with E-state index in [1.165, 1.54) is 9.28 Å². The second kappa shape index (κ2) is 5.29. The van der Waals surface area contributed by atoms with Gasteiger partial charge in [0, 0.05) is 23.5 Å². The fourth-order valence-electron chi connectivity index (χ4n) is 1.36.